The van der Waals surface area contributed by atoms with Crippen LogP contribution in [-0.2, 0) is 16.6 Å². The fraction of sp³-hybridized carbons (Fsp3) is 0.533. The zero-order valence-electron chi connectivity index (χ0n) is 13.8. The summed E-state index contributed by atoms with van der Waals surface area (Å²) in [7, 11) is 0.555. The zero-order valence-corrected chi connectivity index (χ0v) is 15.4. The fourth-order valence-electron chi connectivity index (χ4n) is 1.94. The van der Waals surface area contributed by atoms with Gasteiger partial charge in [-0.1, -0.05) is 23.7 Å². The number of aliphatic imine (C=N–C) groups is 1. The van der Waals surface area contributed by atoms with Gasteiger partial charge in [0.1, 0.15) is 0 Å². The first-order valence-electron chi connectivity index (χ1n) is 7.51. The highest BCUT2D eigenvalue weighted by atomic mass is 35.5. The molecule has 6 nitrogen and oxygen atoms in total. The van der Waals surface area contributed by atoms with Crippen LogP contribution < -0.4 is 10.0 Å². The molecule has 0 fully saturated rings. The Labute approximate surface area is 144 Å². The summed E-state index contributed by atoms with van der Waals surface area (Å²) in [5.41, 5.74) is 1.13. The molecule has 0 amide bonds. The first kappa shape index (κ1) is 19.7. The summed E-state index contributed by atoms with van der Waals surface area (Å²) in [5, 5.41) is 3.94. The number of sulfonamides is 1. The second-order valence-electron chi connectivity index (χ2n) is 5.11. The highest BCUT2D eigenvalue weighted by Crippen LogP contribution is 2.10. The fourth-order valence-corrected chi connectivity index (χ4v) is 2.73. The maximum absolute atomic E-state index is 11.3. The molecule has 0 heterocycles. The molecule has 0 aromatic heterocycles. The van der Waals surface area contributed by atoms with E-state index in [9.17, 15) is 8.42 Å². The number of benzene rings is 1. The summed E-state index contributed by atoms with van der Waals surface area (Å²) in [6, 6.07) is 7.68. The number of hydrogen-bond acceptors (Lipinski definition) is 3. The zero-order chi connectivity index (χ0) is 17.3. The van der Waals surface area contributed by atoms with Crippen molar-refractivity contribution in [3.8, 4) is 0 Å². The van der Waals surface area contributed by atoms with E-state index in [1.165, 1.54) is 0 Å². The van der Waals surface area contributed by atoms with Gasteiger partial charge in [-0.25, -0.2) is 13.1 Å². The molecule has 8 heteroatoms. The van der Waals surface area contributed by atoms with Crippen molar-refractivity contribution in [2.75, 3.05) is 32.9 Å². The van der Waals surface area contributed by atoms with Crippen LogP contribution in [-0.4, -0.2) is 52.2 Å². The molecule has 0 radical (unpaired) electrons. The van der Waals surface area contributed by atoms with Gasteiger partial charge in [0.05, 0.1) is 5.75 Å². The quantitative estimate of drug-likeness (QED) is 0.420. The molecule has 0 atom stereocenters. The van der Waals surface area contributed by atoms with Gasteiger partial charge in [-0.2, -0.15) is 0 Å². The van der Waals surface area contributed by atoms with Gasteiger partial charge in [-0.05, 0) is 31.0 Å². The Kier molecular flexibility index (Phi) is 8.36. The summed E-state index contributed by atoms with van der Waals surface area (Å²) in [4.78, 5) is 6.23. The van der Waals surface area contributed by atoms with Crippen molar-refractivity contribution in [2.45, 2.75) is 19.9 Å². The van der Waals surface area contributed by atoms with Gasteiger partial charge in [-0.15, -0.1) is 0 Å². The summed E-state index contributed by atoms with van der Waals surface area (Å²) in [6.45, 7) is 3.39. The van der Waals surface area contributed by atoms with E-state index in [1.54, 1.807) is 14.0 Å². The minimum absolute atomic E-state index is 0.103. The monoisotopic (exact) mass is 360 g/mol. The number of rotatable bonds is 8. The Hall–Kier alpha value is -1.31. The van der Waals surface area contributed by atoms with Crippen LogP contribution in [0.5, 0.6) is 0 Å². The topological polar surface area (TPSA) is 73.8 Å². The number of halogens is 1. The van der Waals surface area contributed by atoms with E-state index in [0.29, 0.717) is 31.1 Å². The van der Waals surface area contributed by atoms with Crippen LogP contribution in [0.4, 0.5) is 0 Å². The summed E-state index contributed by atoms with van der Waals surface area (Å²) < 4.78 is 25.2. The first-order valence-corrected chi connectivity index (χ1v) is 9.54. The molecule has 23 heavy (non-hydrogen) atoms. The third-order valence-electron chi connectivity index (χ3n) is 3.25. The summed E-state index contributed by atoms with van der Waals surface area (Å²) in [6.07, 6.45) is 0.688. The van der Waals surface area contributed by atoms with E-state index >= 15 is 0 Å². The maximum Gasteiger partial charge on any atom is 0.211 e. The molecule has 0 spiro atoms. The van der Waals surface area contributed by atoms with Crippen molar-refractivity contribution in [3.05, 3.63) is 34.9 Å². The van der Waals surface area contributed by atoms with Crippen LogP contribution in [0.15, 0.2) is 29.3 Å². The summed E-state index contributed by atoms with van der Waals surface area (Å²) >= 11 is 5.88. The predicted molar refractivity (Wildman–Crippen MR) is 96.4 cm³/mol. The van der Waals surface area contributed by atoms with E-state index in [0.717, 1.165) is 11.5 Å². The van der Waals surface area contributed by atoms with Crippen LogP contribution in [0.1, 0.15) is 18.9 Å². The van der Waals surface area contributed by atoms with Gasteiger partial charge in [-0.3, -0.25) is 4.99 Å². The number of hydrogen-bond donors (Lipinski definition) is 2. The molecule has 0 aliphatic rings. The normalized spacial score (nSPS) is 12.3. The Morgan fingerprint density at radius 3 is 2.48 bits per heavy atom. The van der Waals surface area contributed by atoms with E-state index < -0.39 is 10.0 Å². The lowest BCUT2D eigenvalue weighted by Crippen LogP contribution is -2.39. The molecule has 0 aliphatic carbocycles. The number of nitrogens with one attached hydrogen (secondary N) is 2. The molecule has 0 aliphatic heterocycles. The number of nitrogens with zero attached hydrogens (tertiary/aromatic N) is 2. The standard InChI is InChI=1S/C15H25ClN4O2S/c1-4-23(21,22)19-11-5-10-18-15(17-2)20(3)12-13-6-8-14(16)9-7-13/h6-9,19H,4-5,10-12H2,1-3H3,(H,17,18). The lowest BCUT2D eigenvalue weighted by molar-refractivity contribution is 0.475. The molecular formula is C15H25ClN4O2S. The van der Waals surface area contributed by atoms with Gasteiger partial charge in [0.2, 0.25) is 10.0 Å². The van der Waals surface area contributed by atoms with E-state index in [2.05, 4.69) is 15.0 Å². The van der Waals surface area contributed by atoms with Crippen molar-refractivity contribution in [2.24, 2.45) is 4.99 Å². The van der Waals surface area contributed by atoms with Crippen molar-refractivity contribution in [1.82, 2.24) is 14.9 Å². The van der Waals surface area contributed by atoms with E-state index in [1.807, 2.05) is 36.2 Å². The molecular weight excluding hydrogens is 336 g/mol. The molecule has 2 N–H and O–H groups in total. The molecule has 0 saturated heterocycles. The average Bonchev–Trinajstić information content (AvgIpc) is 2.53. The second kappa shape index (κ2) is 9.75. The Morgan fingerprint density at radius 1 is 1.26 bits per heavy atom. The second-order valence-corrected chi connectivity index (χ2v) is 7.64. The van der Waals surface area contributed by atoms with E-state index in [-0.39, 0.29) is 5.75 Å². The predicted octanol–water partition coefficient (Wildman–Crippen LogP) is 1.68. The summed E-state index contributed by atoms with van der Waals surface area (Å²) in [5.74, 6) is 0.865. The van der Waals surface area contributed by atoms with Crippen LogP contribution in [0.3, 0.4) is 0 Å². The molecule has 130 valence electrons. The van der Waals surface area contributed by atoms with Crippen molar-refractivity contribution in [1.29, 1.82) is 0 Å². The Bertz CT molecular complexity index is 602. The first-order chi connectivity index (χ1) is 10.9. The average molecular weight is 361 g/mol. The minimum atomic E-state index is -3.12. The third kappa shape index (κ3) is 7.67. The van der Waals surface area contributed by atoms with Gasteiger partial charge in [0.15, 0.2) is 5.96 Å². The molecule has 1 aromatic rings. The SMILES string of the molecule is CCS(=O)(=O)NCCCNC(=NC)N(C)Cc1ccc(Cl)cc1. The van der Waals surface area contributed by atoms with Crippen LogP contribution in [0.25, 0.3) is 0 Å². The highest BCUT2D eigenvalue weighted by Gasteiger charge is 2.07. The molecule has 1 rings (SSSR count). The number of guanidine groups is 1. The third-order valence-corrected chi connectivity index (χ3v) is 4.90. The Morgan fingerprint density at radius 2 is 1.91 bits per heavy atom. The minimum Gasteiger partial charge on any atom is -0.356 e. The molecule has 0 bridgehead atoms. The molecule has 1 aromatic carbocycles. The van der Waals surface area contributed by atoms with E-state index in [4.69, 9.17) is 11.6 Å². The van der Waals surface area contributed by atoms with Gasteiger partial charge >= 0.3 is 0 Å². The van der Waals surface area contributed by atoms with Gasteiger partial charge in [0.25, 0.3) is 0 Å². The lowest BCUT2D eigenvalue weighted by atomic mass is 10.2. The van der Waals surface area contributed by atoms with Gasteiger partial charge in [0, 0.05) is 38.8 Å². The molecule has 0 saturated carbocycles. The lowest BCUT2D eigenvalue weighted by Gasteiger charge is -2.22. The van der Waals surface area contributed by atoms with Crippen LogP contribution in [0.2, 0.25) is 5.02 Å². The van der Waals surface area contributed by atoms with Crippen LogP contribution >= 0.6 is 11.6 Å². The van der Waals surface area contributed by atoms with Crippen LogP contribution in [0, 0.1) is 0 Å². The van der Waals surface area contributed by atoms with Gasteiger partial charge < -0.3 is 10.2 Å². The van der Waals surface area contributed by atoms with Crippen molar-refractivity contribution in [3.63, 3.8) is 0 Å². The highest BCUT2D eigenvalue weighted by molar-refractivity contribution is 7.89. The van der Waals surface area contributed by atoms with Crippen molar-refractivity contribution < 1.29 is 8.42 Å². The van der Waals surface area contributed by atoms with Crippen molar-refractivity contribution >= 4 is 27.6 Å². The largest absolute Gasteiger partial charge is 0.356 e. The molecule has 0 unspecified atom stereocenters. The Balaban J connectivity index is 2.37. The smallest absolute Gasteiger partial charge is 0.211 e. The maximum atomic E-state index is 11.3.